The van der Waals surface area contributed by atoms with E-state index in [2.05, 4.69) is 43.9 Å². The monoisotopic (exact) mass is 262 g/mol. The van der Waals surface area contributed by atoms with Crippen molar-refractivity contribution in [3.63, 3.8) is 0 Å². The van der Waals surface area contributed by atoms with Crippen LogP contribution < -0.4 is 10.6 Å². The summed E-state index contributed by atoms with van der Waals surface area (Å²) in [4.78, 5) is 2.45. The predicted octanol–water partition coefficient (Wildman–Crippen LogP) is 2.50. The zero-order chi connectivity index (χ0) is 13.8. The maximum Gasteiger partial charge on any atom is 0.0721 e. The highest BCUT2D eigenvalue weighted by Crippen LogP contribution is 2.24. The standard InChI is InChI=1S/C16H26N2O/c1-12-9-15(10-13(2)17)5-6-16(12)18-7-4-8-19-14(3)11-18/h5-6,9,13-14H,4,7-8,10-11,17H2,1-3H3. The molecule has 19 heavy (non-hydrogen) atoms. The number of hydrogen-bond acceptors (Lipinski definition) is 3. The molecular weight excluding hydrogens is 236 g/mol. The quantitative estimate of drug-likeness (QED) is 0.909. The second-order valence-corrected chi connectivity index (χ2v) is 5.78. The lowest BCUT2D eigenvalue weighted by atomic mass is 10.0. The molecular formula is C16H26N2O. The van der Waals surface area contributed by atoms with Gasteiger partial charge < -0.3 is 15.4 Å². The number of nitrogens with zero attached hydrogens (tertiary/aromatic N) is 1. The molecule has 106 valence electrons. The van der Waals surface area contributed by atoms with Crippen molar-refractivity contribution in [2.45, 2.75) is 45.8 Å². The molecule has 1 aromatic rings. The van der Waals surface area contributed by atoms with Crippen LogP contribution in [-0.4, -0.2) is 31.8 Å². The molecule has 1 fully saturated rings. The SMILES string of the molecule is Cc1cc(CC(C)N)ccc1N1CCCOC(C)C1. The summed E-state index contributed by atoms with van der Waals surface area (Å²) in [5.74, 6) is 0. The highest BCUT2D eigenvalue weighted by molar-refractivity contribution is 5.54. The van der Waals surface area contributed by atoms with Crippen molar-refractivity contribution in [1.82, 2.24) is 0 Å². The van der Waals surface area contributed by atoms with Crippen LogP contribution in [0.15, 0.2) is 18.2 Å². The Bertz CT molecular complexity index is 417. The maximum absolute atomic E-state index is 5.87. The molecule has 1 aliphatic rings. The lowest BCUT2D eigenvalue weighted by Gasteiger charge is -2.26. The van der Waals surface area contributed by atoms with E-state index in [0.717, 1.165) is 32.5 Å². The van der Waals surface area contributed by atoms with Gasteiger partial charge >= 0.3 is 0 Å². The third kappa shape index (κ3) is 3.95. The van der Waals surface area contributed by atoms with Gasteiger partial charge in [-0.25, -0.2) is 0 Å². The van der Waals surface area contributed by atoms with Crippen LogP contribution in [-0.2, 0) is 11.2 Å². The van der Waals surface area contributed by atoms with Gasteiger partial charge in [0.2, 0.25) is 0 Å². The Balaban J connectivity index is 2.15. The molecule has 0 saturated carbocycles. The molecule has 0 aromatic heterocycles. The number of anilines is 1. The van der Waals surface area contributed by atoms with Crippen LogP contribution in [0.25, 0.3) is 0 Å². The van der Waals surface area contributed by atoms with Crippen molar-refractivity contribution in [1.29, 1.82) is 0 Å². The molecule has 2 N–H and O–H groups in total. The lowest BCUT2D eigenvalue weighted by molar-refractivity contribution is 0.0821. The fourth-order valence-corrected chi connectivity index (χ4v) is 2.78. The molecule has 2 atom stereocenters. The van der Waals surface area contributed by atoms with Crippen LogP contribution in [0.4, 0.5) is 5.69 Å². The highest BCUT2D eigenvalue weighted by Gasteiger charge is 2.17. The molecule has 0 bridgehead atoms. The summed E-state index contributed by atoms with van der Waals surface area (Å²) in [6, 6.07) is 6.94. The van der Waals surface area contributed by atoms with Crippen LogP contribution in [0.3, 0.4) is 0 Å². The molecule has 0 aliphatic carbocycles. The van der Waals surface area contributed by atoms with Crippen LogP contribution in [0.5, 0.6) is 0 Å². The van der Waals surface area contributed by atoms with Gasteiger partial charge in [0.05, 0.1) is 6.10 Å². The van der Waals surface area contributed by atoms with Crippen molar-refractivity contribution in [3.05, 3.63) is 29.3 Å². The Hall–Kier alpha value is -1.06. The van der Waals surface area contributed by atoms with Crippen LogP contribution in [0.1, 0.15) is 31.4 Å². The molecule has 2 rings (SSSR count). The number of benzene rings is 1. The van der Waals surface area contributed by atoms with Gasteiger partial charge in [0, 0.05) is 31.4 Å². The van der Waals surface area contributed by atoms with E-state index < -0.39 is 0 Å². The first-order valence-electron chi connectivity index (χ1n) is 7.28. The molecule has 0 amide bonds. The summed E-state index contributed by atoms with van der Waals surface area (Å²) in [6.07, 6.45) is 2.36. The van der Waals surface area contributed by atoms with Gasteiger partial charge in [-0.1, -0.05) is 12.1 Å². The van der Waals surface area contributed by atoms with Crippen LogP contribution >= 0.6 is 0 Å². The Morgan fingerprint density at radius 1 is 1.47 bits per heavy atom. The second-order valence-electron chi connectivity index (χ2n) is 5.78. The number of nitrogens with two attached hydrogens (primary N) is 1. The number of rotatable bonds is 3. The van der Waals surface area contributed by atoms with E-state index in [0.29, 0.717) is 6.10 Å². The van der Waals surface area contributed by atoms with Gasteiger partial charge in [-0.3, -0.25) is 0 Å². The molecule has 0 radical (unpaired) electrons. The smallest absolute Gasteiger partial charge is 0.0721 e. The first-order chi connectivity index (χ1) is 9.06. The van der Waals surface area contributed by atoms with Gasteiger partial charge in [-0.2, -0.15) is 0 Å². The van der Waals surface area contributed by atoms with E-state index in [1.54, 1.807) is 0 Å². The second kappa shape index (κ2) is 6.40. The maximum atomic E-state index is 5.87. The van der Waals surface area contributed by atoms with Crippen LogP contribution in [0, 0.1) is 6.92 Å². The van der Waals surface area contributed by atoms with E-state index in [9.17, 15) is 0 Å². The summed E-state index contributed by atoms with van der Waals surface area (Å²) in [7, 11) is 0. The van der Waals surface area contributed by atoms with E-state index in [-0.39, 0.29) is 6.04 Å². The Kier molecular flexibility index (Phi) is 4.83. The van der Waals surface area contributed by atoms with Gasteiger partial charge in [0.1, 0.15) is 0 Å². The summed E-state index contributed by atoms with van der Waals surface area (Å²) in [5, 5.41) is 0. The Morgan fingerprint density at radius 2 is 2.26 bits per heavy atom. The fraction of sp³-hybridized carbons (Fsp3) is 0.625. The van der Waals surface area contributed by atoms with E-state index in [1.165, 1.54) is 16.8 Å². The third-order valence-electron chi connectivity index (χ3n) is 3.61. The van der Waals surface area contributed by atoms with E-state index in [4.69, 9.17) is 10.5 Å². The van der Waals surface area contributed by atoms with Gasteiger partial charge in [-0.05, 0) is 50.8 Å². The topological polar surface area (TPSA) is 38.5 Å². The minimum Gasteiger partial charge on any atom is -0.377 e. The first kappa shape index (κ1) is 14.4. The summed E-state index contributed by atoms with van der Waals surface area (Å²) in [5.41, 5.74) is 9.88. The Morgan fingerprint density at radius 3 is 2.95 bits per heavy atom. The largest absolute Gasteiger partial charge is 0.377 e. The summed E-state index contributed by atoms with van der Waals surface area (Å²) in [6.45, 7) is 9.33. The van der Waals surface area contributed by atoms with Crippen molar-refractivity contribution >= 4 is 5.69 Å². The van der Waals surface area contributed by atoms with Gasteiger partial charge in [-0.15, -0.1) is 0 Å². The van der Waals surface area contributed by atoms with Gasteiger partial charge in [0.15, 0.2) is 0 Å². The fourth-order valence-electron chi connectivity index (χ4n) is 2.78. The van der Waals surface area contributed by atoms with Crippen molar-refractivity contribution < 1.29 is 4.74 Å². The number of aryl methyl sites for hydroxylation is 1. The number of hydrogen-bond donors (Lipinski definition) is 1. The average molecular weight is 262 g/mol. The normalized spacial score (nSPS) is 22.1. The summed E-state index contributed by atoms with van der Waals surface area (Å²) < 4.78 is 5.71. The molecule has 0 spiro atoms. The zero-order valence-electron chi connectivity index (χ0n) is 12.4. The predicted molar refractivity (Wildman–Crippen MR) is 80.8 cm³/mol. The lowest BCUT2D eigenvalue weighted by Crippen LogP contribution is -2.30. The molecule has 3 heteroatoms. The molecule has 1 aliphatic heterocycles. The molecule has 1 heterocycles. The molecule has 1 saturated heterocycles. The number of ether oxygens (including phenoxy) is 1. The average Bonchev–Trinajstić information content (AvgIpc) is 2.53. The van der Waals surface area contributed by atoms with Crippen molar-refractivity contribution in [2.75, 3.05) is 24.6 Å². The molecule has 2 unspecified atom stereocenters. The van der Waals surface area contributed by atoms with E-state index >= 15 is 0 Å². The van der Waals surface area contributed by atoms with Crippen molar-refractivity contribution in [3.8, 4) is 0 Å². The minimum absolute atomic E-state index is 0.219. The summed E-state index contributed by atoms with van der Waals surface area (Å²) >= 11 is 0. The Labute approximate surface area is 116 Å². The molecule has 1 aromatic carbocycles. The van der Waals surface area contributed by atoms with Crippen LogP contribution in [0.2, 0.25) is 0 Å². The van der Waals surface area contributed by atoms with E-state index in [1.807, 2.05) is 0 Å². The highest BCUT2D eigenvalue weighted by atomic mass is 16.5. The minimum atomic E-state index is 0.219. The van der Waals surface area contributed by atoms with Crippen molar-refractivity contribution in [2.24, 2.45) is 5.73 Å². The third-order valence-corrected chi connectivity index (χ3v) is 3.61. The first-order valence-corrected chi connectivity index (χ1v) is 7.28. The zero-order valence-corrected chi connectivity index (χ0v) is 12.4. The van der Waals surface area contributed by atoms with Gasteiger partial charge in [0.25, 0.3) is 0 Å². The molecule has 3 nitrogen and oxygen atoms in total.